The zero-order valence-electron chi connectivity index (χ0n) is 14.3. The third-order valence-corrected chi connectivity index (χ3v) is 5.44. The highest BCUT2D eigenvalue weighted by Crippen LogP contribution is 2.35. The summed E-state index contributed by atoms with van der Waals surface area (Å²) in [6.07, 6.45) is 1.94. The van der Waals surface area contributed by atoms with Crippen molar-refractivity contribution in [1.82, 2.24) is 4.90 Å². The van der Waals surface area contributed by atoms with Gasteiger partial charge in [-0.25, -0.2) is 0 Å². The maximum Gasteiger partial charge on any atom is 0.307 e. The van der Waals surface area contributed by atoms with Crippen molar-refractivity contribution in [2.24, 2.45) is 17.8 Å². The van der Waals surface area contributed by atoms with E-state index in [2.05, 4.69) is 0 Å². The van der Waals surface area contributed by atoms with Crippen LogP contribution >= 0.6 is 0 Å². The summed E-state index contributed by atoms with van der Waals surface area (Å²) in [5, 5.41) is 18.6. The number of aliphatic hydroxyl groups is 1. The van der Waals surface area contributed by atoms with E-state index in [1.54, 1.807) is 24.3 Å². The number of ether oxygens (including phenoxy) is 1. The highest BCUT2D eigenvalue weighted by atomic mass is 16.5. The topological polar surface area (TPSA) is 87.1 Å². The van der Waals surface area contributed by atoms with Crippen LogP contribution in [0, 0.1) is 17.8 Å². The van der Waals surface area contributed by atoms with Crippen LogP contribution in [-0.2, 0) is 16.0 Å². The number of carbonyl (C=O) groups excluding carboxylic acids is 1. The van der Waals surface area contributed by atoms with E-state index in [1.807, 2.05) is 4.90 Å². The van der Waals surface area contributed by atoms with Crippen molar-refractivity contribution >= 4 is 11.9 Å². The van der Waals surface area contributed by atoms with Crippen molar-refractivity contribution in [2.45, 2.75) is 19.3 Å². The molecule has 2 N–H and O–H groups in total. The zero-order valence-corrected chi connectivity index (χ0v) is 14.3. The molecule has 3 rings (SSSR count). The number of hydrogen-bond donors (Lipinski definition) is 2. The van der Waals surface area contributed by atoms with E-state index in [0.717, 1.165) is 26.1 Å². The van der Waals surface area contributed by atoms with Gasteiger partial charge in [0, 0.05) is 44.4 Å². The summed E-state index contributed by atoms with van der Waals surface area (Å²) in [6, 6.07) is 6.76. The number of aliphatic hydroxyl groups excluding tert-OH is 1. The standard InChI is InChI=1S/C19H25NO5/c21-12-16-10-20(11-17(16)14-5-7-25-8-6-14)19(24)15-3-1-13(2-4-15)9-18(22)23/h1-4,14,16-17,21H,5-12H2,(H,22,23)/t16-,17-/m0/s1. The Balaban J connectivity index is 1.66. The Kier molecular flexibility index (Phi) is 5.71. The maximum absolute atomic E-state index is 12.8. The third kappa shape index (κ3) is 4.19. The van der Waals surface area contributed by atoms with Crippen LogP contribution < -0.4 is 0 Å². The number of aliphatic carboxylic acids is 1. The lowest BCUT2D eigenvalue weighted by Crippen LogP contribution is -2.31. The molecule has 2 saturated heterocycles. The third-order valence-electron chi connectivity index (χ3n) is 5.44. The number of carboxylic acid groups (broad SMARTS) is 1. The van der Waals surface area contributed by atoms with Gasteiger partial charge in [0.05, 0.1) is 6.42 Å². The molecule has 0 unspecified atom stereocenters. The van der Waals surface area contributed by atoms with E-state index < -0.39 is 5.97 Å². The van der Waals surface area contributed by atoms with Gasteiger partial charge < -0.3 is 19.8 Å². The average molecular weight is 347 g/mol. The zero-order chi connectivity index (χ0) is 17.8. The fourth-order valence-corrected chi connectivity index (χ4v) is 4.06. The van der Waals surface area contributed by atoms with Crippen molar-refractivity contribution in [3.05, 3.63) is 35.4 Å². The first-order valence-corrected chi connectivity index (χ1v) is 8.87. The van der Waals surface area contributed by atoms with Crippen LogP contribution in [-0.4, -0.2) is 59.9 Å². The van der Waals surface area contributed by atoms with Crippen LogP contribution in [0.4, 0.5) is 0 Å². The molecule has 2 fully saturated rings. The van der Waals surface area contributed by atoms with Gasteiger partial charge in [-0.15, -0.1) is 0 Å². The molecule has 6 nitrogen and oxygen atoms in total. The molecule has 25 heavy (non-hydrogen) atoms. The number of amides is 1. The molecule has 1 aromatic carbocycles. The molecule has 0 aliphatic carbocycles. The van der Waals surface area contributed by atoms with Gasteiger partial charge in [0.2, 0.25) is 0 Å². The molecule has 0 bridgehead atoms. The minimum atomic E-state index is -0.885. The van der Waals surface area contributed by atoms with E-state index in [1.165, 1.54) is 0 Å². The van der Waals surface area contributed by atoms with Crippen LogP contribution in [0.25, 0.3) is 0 Å². The lowest BCUT2D eigenvalue weighted by atomic mass is 9.80. The van der Waals surface area contributed by atoms with E-state index >= 15 is 0 Å². The summed E-state index contributed by atoms with van der Waals surface area (Å²) in [6.45, 7) is 2.87. The lowest BCUT2D eigenvalue weighted by molar-refractivity contribution is -0.136. The van der Waals surface area contributed by atoms with Crippen molar-refractivity contribution in [2.75, 3.05) is 32.9 Å². The molecule has 136 valence electrons. The summed E-state index contributed by atoms with van der Waals surface area (Å²) in [4.78, 5) is 25.3. The number of nitrogens with zero attached hydrogens (tertiary/aromatic N) is 1. The summed E-state index contributed by atoms with van der Waals surface area (Å²) in [7, 11) is 0. The first-order valence-electron chi connectivity index (χ1n) is 8.87. The molecule has 2 atom stereocenters. The number of rotatable bonds is 5. The number of carbonyl (C=O) groups is 2. The van der Waals surface area contributed by atoms with Crippen LogP contribution in [0.5, 0.6) is 0 Å². The highest BCUT2D eigenvalue weighted by molar-refractivity contribution is 5.94. The van der Waals surface area contributed by atoms with Crippen molar-refractivity contribution in [3.8, 4) is 0 Å². The smallest absolute Gasteiger partial charge is 0.307 e. The van der Waals surface area contributed by atoms with E-state index in [-0.39, 0.29) is 24.9 Å². The number of likely N-dealkylation sites (tertiary alicyclic amines) is 1. The summed E-state index contributed by atoms with van der Waals surface area (Å²) >= 11 is 0. The lowest BCUT2D eigenvalue weighted by Gasteiger charge is -2.30. The molecular weight excluding hydrogens is 322 g/mol. The van der Waals surface area contributed by atoms with Crippen molar-refractivity contribution in [3.63, 3.8) is 0 Å². The quantitative estimate of drug-likeness (QED) is 0.841. The van der Waals surface area contributed by atoms with E-state index in [4.69, 9.17) is 9.84 Å². The Morgan fingerprint density at radius 1 is 1.12 bits per heavy atom. The molecule has 0 spiro atoms. The molecule has 0 radical (unpaired) electrons. The SMILES string of the molecule is O=C(O)Cc1ccc(C(=O)N2C[C@@H](CO)[C@H](C3CCOCC3)C2)cc1. The maximum atomic E-state index is 12.8. The number of hydrogen-bond acceptors (Lipinski definition) is 4. The molecule has 6 heteroatoms. The predicted octanol–water partition coefficient (Wildman–Crippen LogP) is 1.42. The van der Waals surface area contributed by atoms with Gasteiger partial charge >= 0.3 is 5.97 Å². The van der Waals surface area contributed by atoms with Crippen LogP contribution in [0.2, 0.25) is 0 Å². The van der Waals surface area contributed by atoms with E-state index in [0.29, 0.717) is 36.1 Å². The van der Waals surface area contributed by atoms with Gasteiger partial charge in [-0.05, 0) is 42.4 Å². The molecule has 2 heterocycles. The Labute approximate surface area is 147 Å². The Morgan fingerprint density at radius 2 is 1.80 bits per heavy atom. The fraction of sp³-hybridized carbons (Fsp3) is 0.579. The first kappa shape index (κ1) is 17.9. The Bertz CT molecular complexity index is 609. The van der Waals surface area contributed by atoms with Crippen molar-refractivity contribution in [1.29, 1.82) is 0 Å². The molecule has 1 aromatic rings. The Hall–Kier alpha value is -1.92. The van der Waals surface area contributed by atoms with Crippen molar-refractivity contribution < 1.29 is 24.5 Å². The van der Waals surface area contributed by atoms with Gasteiger partial charge in [-0.3, -0.25) is 9.59 Å². The molecule has 2 aliphatic rings. The largest absolute Gasteiger partial charge is 0.481 e. The van der Waals surface area contributed by atoms with Gasteiger partial charge in [0.15, 0.2) is 0 Å². The molecule has 1 amide bonds. The normalized spacial score (nSPS) is 24.4. The van der Waals surface area contributed by atoms with Crippen LogP contribution in [0.3, 0.4) is 0 Å². The fourth-order valence-electron chi connectivity index (χ4n) is 4.06. The first-order chi connectivity index (χ1) is 12.1. The summed E-state index contributed by atoms with van der Waals surface area (Å²) < 4.78 is 5.43. The van der Waals surface area contributed by atoms with Gasteiger partial charge in [-0.2, -0.15) is 0 Å². The minimum Gasteiger partial charge on any atom is -0.481 e. The molecule has 0 aromatic heterocycles. The van der Waals surface area contributed by atoms with Gasteiger partial charge in [0.25, 0.3) is 5.91 Å². The molecular formula is C19H25NO5. The van der Waals surface area contributed by atoms with E-state index in [9.17, 15) is 14.7 Å². The highest BCUT2D eigenvalue weighted by Gasteiger charge is 2.39. The molecule has 2 aliphatic heterocycles. The minimum absolute atomic E-state index is 0.0450. The summed E-state index contributed by atoms with van der Waals surface area (Å²) in [5.41, 5.74) is 1.25. The Morgan fingerprint density at radius 3 is 2.40 bits per heavy atom. The van der Waals surface area contributed by atoms with Crippen LogP contribution in [0.15, 0.2) is 24.3 Å². The average Bonchev–Trinajstić information content (AvgIpc) is 3.06. The second-order valence-electron chi connectivity index (χ2n) is 7.03. The monoisotopic (exact) mass is 347 g/mol. The number of carboxylic acids is 1. The second-order valence-corrected chi connectivity index (χ2v) is 7.03. The van der Waals surface area contributed by atoms with Crippen LogP contribution in [0.1, 0.15) is 28.8 Å². The van der Waals surface area contributed by atoms with Gasteiger partial charge in [-0.1, -0.05) is 12.1 Å². The predicted molar refractivity (Wildman–Crippen MR) is 91.3 cm³/mol. The second kappa shape index (κ2) is 7.97. The van der Waals surface area contributed by atoms with Gasteiger partial charge in [0.1, 0.15) is 0 Å². The molecule has 0 saturated carbocycles. The number of benzene rings is 1. The summed E-state index contributed by atoms with van der Waals surface area (Å²) in [5.74, 6) is 0.0164.